The largest absolute Gasteiger partial charge is 0.444 e. The van der Waals surface area contributed by atoms with Gasteiger partial charge in [0.2, 0.25) is 0 Å². The van der Waals surface area contributed by atoms with Crippen LogP contribution in [0.15, 0.2) is 0 Å². The Labute approximate surface area is 143 Å². The topological polar surface area (TPSA) is 59.4 Å². The lowest BCUT2D eigenvalue weighted by Crippen LogP contribution is -2.49. The number of aryl methyl sites for hydroxylation is 1. The van der Waals surface area contributed by atoms with E-state index in [1.807, 2.05) is 27.8 Å². The molecule has 23 heavy (non-hydrogen) atoms. The Balaban J connectivity index is 2.20. The average molecular weight is 343 g/mol. The monoisotopic (exact) mass is 342 g/mol. The van der Waals surface area contributed by atoms with E-state index in [-0.39, 0.29) is 18.1 Å². The van der Waals surface area contributed by atoms with E-state index in [1.165, 1.54) is 0 Å². The summed E-state index contributed by atoms with van der Waals surface area (Å²) in [5.41, 5.74) is 1.46. The van der Waals surface area contributed by atoms with Gasteiger partial charge in [0.05, 0.1) is 11.7 Å². The van der Waals surface area contributed by atoms with Gasteiger partial charge in [0, 0.05) is 32.2 Å². The summed E-state index contributed by atoms with van der Waals surface area (Å²) in [6, 6.07) is -0.0325. The number of nitrogens with zero attached hydrogens (tertiary/aromatic N) is 3. The second-order valence-corrected chi connectivity index (χ2v) is 7.66. The zero-order valence-corrected chi connectivity index (χ0v) is 15.6. The summed E-state index contributed by atoms with van der Waals surface area (Å²) >= 11 is 6.45. The SMILES string of the molecule is CC(C)c1nn(C)c(Cl)c1C1CN(C(=O)OC(C)(C)C)CCN1. The first-order chi connectivity index (χ1) is 10.6. The zero-order valence-electron chi connectivity index (χ0n) is 14.8. The fraction of sp³-hybridized carbons (Fsp3) is 0.750. The van der Waals surface area contributed by atoms with Crippen LogP contribution in [-0.2, 0) is 11.8 Å². The van der Waals surface area contributed by atoms with Gasteiger partial charge in [0.1, 0.15) is 10.8 Å². The summed E-state index contributed by atoms with van der Waals surface area (Å²) in [5, 5.41) is 8.59. The molecule has 0 spiro atoms. The number of aromatic nitrogens is 2. The van der Waals surface area contributed by atoms with Crippen molar-refractivity contribution in [1.82, 2.24) is 20.0 Å². The molecule has 7 heteroatoms. The van der Waals surface area contributed by atoms with Crippen LogP contribution >= 0.6 is 11.6 Å². The summed E-state index contributed by atoms with van der Waals surface area (Å²) in [5.74, 6) is 0.266. The van der Waals surface area contributed by atoms with Crippen LogP contribution < -0.4 is 5.32 Å². The molecule has 1 amide bonds. The van der Waals surface area contributed by atoms with E-state index in [0.717, 1.165) is 11.3 Å². The number of amides is 1. The summed E-state index contributed by atoms with van der Waals surface area (Å²) in [4.78, 5) is 14.1. The Morgan fingerprint density at radius 2 is 2.09 bits per heavy atom. The molecule has 1 aromatic heterocycles. The molecule has 0 radical (unpaired) electrons. The lowest BCUT2D eigenvalue weighted by molar-refractivity contribution is 0.0194. The molecule has 1 atom stereocenters. The van der Waals surface area contributed by atoms with E-state index in [4.69, 9.17) is 16.3 Å². The van der Waals surface area contributed by atoms with E-state index in [9.17, 15) is 4.79 Å². The van der Waals surface area contributed by atoms with Crippen molar-refractivity contribution in [3.05, 3.63) is 16.4 Å². The molecular weight excluding hydrogens is 316 g/mol. The van der Waals surface area contributed by atoms with Gasteiger partial charge in [-0.15, -0.1) is 0 Å². The van der Waals surface area contributed by atoms with Crippen molar-refractivity contribution in [3.8, 4) is 0 Å². The molecule has 2 rings (SSSR count). The average Bonchev–Trinajstić information content (AvgIpc) is 2.73. The zero-order chi connectivity index (χ0) is 17.4. The number of piperazine rings is 1. The van der Waals surface area contributed by atoms with Gasteiger partial charge in [0.15, 0.2) is 0 Å². The quantitative estimate of drug-likeness (QED) is 0.897. The van der Waals surface area contributed by atoms with Crippen molar-refractivity contribution in [3.63, 3.8) is 0 Å². The van der Waals surface area contributed by atoms with Crippen molar-refractivity contribution in [2.75, 3.05) is 19.6 Å². The fourth-order valence-corrected chi connectivity index (χ4v) is 2.99. The lowest BCUT2D eigenvalue weighted by Gasteiger charge is -2.35. The number of halogens is 1. The predicted octanol–water partition coefficient (Wildman–Crippen LogP) is 3.08. The van der Waals surface area contributed by atoms with Gasteiger partial charge in [-0.25, -0.2) is 4.79 Å². The highest BCUT2D eigenvalue weighted by Crippen LogP contribution is 2.32. The molecule has 1 unspecified atom stereocenters. The first-order valence-electron chi connectivity index (χ1n) is 8.03. The maximum Gasteiger partial charge on any atom is 0.410 e. The minimum Gasteiger partial charge on any atom is -0.444 e. The smallest absolute Gasteiger partial charge is 0.410 e. The summed E-state index contributed by atoms with van der Waals surface area (Å²) in [6.07, 6.45) is -0.282. The predicted molar refractivity (Wildman–Crippen MR) is 90.9 cm³/mol. The van der Waals surface area contributed by atoms with E-state index < -0.39 is 5.60 Å². The van der Waals surface area contributed by atoms with Gasteiger partial charge in [-0.05, 0) is 26.7 Å². The maximum absolute atomic E-state index is 12.3. The van der Waals surface area contributed by atoms with Gasteiger partial charge in [-0.3, -0.25) is 4.68 Å². The van der Waals surface area contributed by atoms with Crippen molar-refractivity contribution < 1.29 is 9.53 Å². The van der Waals surface area contributed by atoms with Crippen LogP contribution in [0.25, 0.3) is 0 Å². The number of hydrogen-bond donors (Lipinski definition) is 1. The van der Waals surface area contributed by atoms with Crippen molar-refractivity contribution in [1.29, 1.82) is 0 Å². The van der Waals surface area contributed by atoms with Crippen LogP contribution in [0.3, 0.4) is 0 Å². The molecule has 130 valence electrons. The highest BCUT2D eigenvalue weighted by Gasteiger charge is 2.32. The highest BCUT2D eigenvalue weighted by atomic mass is 35.5. The Morgan fingerprint density at radius 3 is 2.65 bits per heavy atom. The van der Waals surface area contributed by atoms with Crippen LogP contribution in [0, 0.1) is 0 Å². The van der Waals surface area contributed by atoms with Crippen LogP contribution in [0.5, 0.6) is 0 Å². The third kappa shape index (κ3) is 4.18. The minimum atomic E-state index is -0.494. The molecule has 1 saturated heterocycles. The van der Waals surface area contributed by atoms with E-state index in [2.05, 4.69) is 24.3 Å². The number of hydrogen-bond acceptors (Lipinski definition) is 4. The molecule has 0 aromatic carbocycles. The number of carbonyl (C=O) groups is 1. The molecule has 1 fully saturated rings. The lowest BCUT2D eigenvalue weighted by atomic mass is 9.99. The molecule has 1 N–H and O–H groups in total. The van der Waals surface area contributed by atoms with E-state index >= 15 is 0 Å². The molecule has 2 heterocycles. The van der Waals surface area contributed by atoms with Crippen molar-refractivity contribution in [2.45, 2.75) is 52.2 Å². The first kappa shape index (κ1) is 18.1. The second-order valence-electron chi connectivity index (χ2n) is 7.30. The Morgan fingerprint density at radius 1 is 1.43 bits per heavy atom. The van der Waals surface area contributed by atoms with E-state index in [1.54, 1.807) is 9.58 Å². The molecular formula is C16H27ClN4O2. The Kier molecular flexibility index (Phi) is 5.26. The molecule has 1 aliphatic rings. The van der Waals surface area contributed by atoms with Crippen LogP contribution in [0.1, 0.15) is 57.8 Å². The summed E-state index contributed by atoms with van der Waals surface area (Å²) in [7, 11) is 1.84. The van der Waals surface area contributed by atoms with Gasteiger partial charge in [-0.2, -0.15) is 5.10 Å². The van der Waals surface area contributed by atoms with Gasteiger partial charge < -0.3 is 15.0 Å². The van der Waals surface area contributed by atoms with Crippen LogP contribution in [0.4, 0.5) is 4.79 Å². The molecule has 0 bridgehead atoms. The highest BCUT2D eigenvalue weighted by molar-refractivity contribution is 6.30. The fourth-order valence-electron chi connectivity index (χ4n) is 2.72. The number of nitrogens with one attached hydrogen (secondary N) is 1. The van der Waals surface area contributed by atoms with Gasteiger partial charge in [-0.1, -0.05) is 25.4 Å². The summed E-state index contributed by atoms with van der Waals surface area (Å²) in [6.45, 7) is 11.7. The number of carbonyl (C=O) groups excluding carboxylic acids is 1. The molecule has 1 aromatic rings. The molecule has 0 aliphatic carbocycles. The van der Waals surface area contributed by atoms with Gasteiger partial charge >= 0.3 is 6.09 Å². The van der Waals surface area contributed by atoms with Crippen LogP contribution in [0.2, 0.25) is 5.15 Å². The Bertz CT molecular complexity index is 577. The normalized spacial score (nSPS) is 19.3. The van der Waals surface area contributed by atoms with Crippen molar-refractivity contribution >= 4 is 17.7 Å². The standard InChI is InChI=1S/C16H27ClN4O2/c1-10(2)13-12(14(17)20(6)19-13)11-9-21(8-7-18-11)15(22)23-16(3,4)5/h10-11,18H,7-9H2,1-6H3. The maximum atomic E-state index is 12.3. The number of ether oxygens (including phenoxy) is 1. The second kappa shape index (κ2) is 6.69. The van der Waals surface area contributed by atoms with E-state index in [0.29, 0.717) is 24.8 Å². The molecule has 6 nitrogen and oxygen atoms in total. The number of rotatable bonds is 2. The third-order valence-corrected chi connectivity index (χ3v) is 4.21. The summed E-state index contributed by atoms with van der Waals surface area (Å²) < 4.78 is 7.17. The molecule has 1 aliphatic heterocycles. The molecule has 0 saturated carbocycles. The van der Waals surface area contributed by atoms with Crippen LogP contribution in [-0.4, -0.2) is 46.0 Å². The first-order valence-corrected chi connectivity index (χ1v) is 8.41. The minimum absolute atomic E-state index is 0.0325. The van der Waals surface area contributed by atoms with Gasteiger partial charge in [0.25, 0.3) is 0 Å². The Hall–Kier alpha value is -1.27. The third-order valence-electron chi connectivity index (χ3n) is 3.76. The van der Waals surface area contributed by atoms with Crippen molar-refractivity contribution in [2.24, 2.45) is 7.05 Å².